The highest BCUT2D eigenvalue weighted by Gasteiger charge is 2.56. The van der Waals surface area contributed by atoms with Crippen molar-refractivity contribution < 1.29 is 18.4 Å². The normalized spacial score (nSPS) is 24.8. The van der Waals surface area contributed by atoms with E-state index in [1.165, 1.54) is 0 Å². The van der Waals surface area contributed by atoms with Crippen molar-refractivity contribution in [2.75, 3.05) is 0 Å². The Bertz CT molecular complexity index is 1090. The van der Waals surface area contributed by atoms with Gasteiger partial charge in [0.2, 0.25) is 5.91 Å². The molecule has 2 aromatic rings. The molecule has 3 aliphatic rings. The summed E-state index contributed by atoms with van der Waals surface area (Å²) in [6, 6.07) is 4.40. The van der Waals surface area contributed by atoms with Crippen LogP contribution in [0.4, 0.5) is 8.78 Å². The number of rotatable bonds is 6. The molecule has 2 aliphatic carbocycles. The minimum Gasteiger partial charge on any atom is -0.347 e. The Balaban J connectivity index is 1.38. The van der Waals surface area contributed by atoms with Gasteiger partial charge in [0.15, 0.2) is 0 Å². The van der Waals surface area contributed by atoms with E-state index >= 15 is 0 Å². The third kappa shape index (κ3) is 3.87. The Hall–Kier alpha value is -2.54. The van der Waals surface area contributed by atoms with Gasteiger partial charge in [-0.15, -0.1) is 0 Å². The molecule has 3 fully saturated rings. The third-order valence-electron chi connectivity index (χ3n) is 6.86. The van der Waals surface area contributed by atoms with E-state index in [1.54, 1.807) is 17.2 Å². The van der Waals surface area contributed by atoms with E-state index in [2.05, 4.69) is 10.3 Å². The number of carbonyl (C=O) groups is 2. The third-order valence-corrected chi connectivity index (χ3v) is 7.15. The Kier molecular flexibility index (Phi) is 5.40. The molecular formula is C24H24ClF2N3O2. The Labute approximate surface area is 190 Å². The van der Waals surface area contributed by atoms with E-state index in [-0.39, 0.29) is 34.4 Å². The number of carbonyl (C=O) groups excluding carboxylic acids is 2. The van der Waals surface area contributed by atoms with Crippen molar-refractivity contribution in [2.45, 2.75) is 57.2 Å². The van der Waals surface area contributed by atoms with Crippen molar-refractivity contribution in [3.8, 4) is 0 Å². The van der Waals surface area contributed by atoms with Gasteiger partial charge in [0.1, 0.15) is 23.4 Å². The fourth-order valence-corrected chi connectivity index (χ4v) is 4.98. The Morgan fingerprint density at radius 2 is 2.00 bits per heavy atom. The first-order valence-corrected chi connectivity index (χ1v) is 11.5. The van der Waals surface area contributed by atoms with Crippen LogP contribution in [0.5, 0.6) is 0 Å². The highest BCUT2D eigenvalue weighted by atomic mass is 35.5. The number of hydrogen-bond donors (Lipinski definition) is 1. The van der Waals surface area contributed by atoms with Crippen LogP contribution < -0.4 is 5.32 Å². The molecule has 0 bridgehead atoms. The van der Waals surface area contributed by atoms with Crippen molar-refractivity contribution in [3.63, 3.8) is 0 Å². The van der Waals surface area contributed by atoms with Crippen molar-refractivity contribution in [1.82, 2.24) is 15.2 Å². The van der Waals surface area contributed by atoms with Crippen LogP contribution in [0.1, 0.15) is 60.3 Å². The van der Waals surface area contributed by atoms with E-state index < -0.39 is 23.7 Å². The summed E-state index contributed by atoms with van der Waals surface area (Å²) in [6.45, 7) is 2.00. The fraction of sp³-hybridized carbons (Fsp3) is 0.458. The molecule has 0 unspecified atom stereocenters. The average Bonchev–Trinajstić information content (AvgIpc) is 3.72. The molecule has 1 aromatic carbocycles. The number of nitrogens with zero attached hydrogens (tertiary/aromatic N) is 2. The van der Waals surface area contributed by atoms with Crippen LogP contribution in [0, 0.1) is 23.5 Å². The van der Waals surface area contributed by atoms with Crippen molar-refractivity contribution in [1.29, 1.82) is 0 Å². The lowest BCUT2D eigenvalue weighted by Crippen LogP contribution is -2.49. The Morgan fingerprint density at radius 3 is 2.72 bits per heavy atom. The first-order chi connectivity index (χ1) is 15.4. The molecule has 4 atom stereocenters. The standard InChI is InChI=1S/C24H24ClF2N3O2/c1-2-12-5-6-28-19(7-12)24(32)30-20-8-14(20)9-21(30)23(31)29-22(13-3-4-13)15-10-18(27)16(25)11-17(15)26/h5-7,10-11,13-14,20-22H,2-4,8-9H2,1H3,(H,29,31)/t14-,20-,21-,22-/m1/s1. The molecule has 1 aromatic heterocycles. The molecule has 5 rings (SSSR count). The molecule has 1 aliphatic heterocycles. The van der Waals surface area contributed by atoms with Gasteiger partial charge >= 0.3 is 0 Å². The van der Waals surface area contributed by atoms with Gasteiger partial charge < -0.3 is 10.2 Å². The van der Waals surface area contributed by atoms with Crippen LogP contribution in [0.15, 0.2) is 30.5 Å². The van der Waals surface area contributed by atoms with Gasteiger partial charge in [0, 0.05) is 17.8 Å². The quantitative estimate of drug-likeness (QED) is 0.649. The summed E-state index contributed by atoms with van der Waals surface area (Å²) in [5.41, 5.74) is 1.44. The number of halogens is 3. The van der Waals surface area contributed by atoms with Gasteiger partial charge in [-0.2, -0.15) is 0 Å². The predicted molar refractivity (Wildman–Crippen MR) is 115 cm³/mol. The molecule has 0 radical (unpaired) electrons. The minimum atomic E-state index is -0.719. The number of benzene rings is 1. The summed E-state index contributed by atoms with van der Waals surface area (Å²) < 4.78 is 28.6. The fourth-order valence-electron chi connectivity index (χ4n) is 4.83. The molecule has 8 heteroatoms. The van der Waals surface area contributed by atoms with Crippen LogP contribution in [0.25, 0.3) is 0 Å². The number of aromatic nitrogens is 1. The number of fused-ring (bicyclic) bond motifs is 1. The van der Waals surface area contributed by atoms with E-state index in [0.29, 0.717) is 18.0 Å². The van der Waals surface area contributed by atoms with Gasteiger partial charge in [0.25, 0.3) is 5.91 Å². The number of nitrogens with one attached hydrogen (secondary N) is 1. The maximum Gasteiger partial charge on any atom is 0.273 e. The van der Waals surface area contributed by atoms with Gasteiger partial charge in [-0.3, -0.25) is 14.6 Å². The van der Waals surface area contributed by atoms with E-state index in [4.69, 9.17) is 11.6 Å². The molecule has 2 saturated carbocycles. The maximum absolute atomic E-state index is 14.6. The number of likely N-dealkylation sites (tertiary alicyclic amines) is 1. The zero-order chi connectivity index (χ0) is 22.6. The molecule has 32 heavy (non-hydrogen) atoms. The Morgan fingerprint density at radius 1 is 1.22 bits per heavy atom. The SMILES string of the molecule is CCc1ccnc(C(=O)N2[C@@H](C(=O)N[C@@H](c3cc(F)c(Cl)cc3F)C3CC3)C[C@H]3C[C@H]32)c1. The van der Waals surface area contributed by atoms with Crippen LogP contribution in [-0.2, 0) is 11.2 Å². The largest absolute Gasteiger partial charge is 0.347 e. The van der Waals surface area contributed by atoms with Crippen molar-refractivity contribution in [3.05, 3.63) is 63.9 Å². The van der Waals surface area contributed by atoms with Gasteiger partial charge in [0.05, 0.1) is 11.1 Å². The number of piperidine rings is 1. The van der Waals surface area contributed by atoms with Crippen LogP contribution in [0.3, 0.4) is 0 Å². The lowest BCUT2D eigenvalue weighted by atomic mass is 10.00. The second-order valence-electron chi connectivity index (χ2n) is 9.04. The predicted octanol–water partition coefficient (Wildman–Crippen LogP) is 4.45. The molecule has 0 spiro atoms. The van der Waals surface area contributed by atoms with E-state index in [1.807, 2.05) is 13.0 Å². The first kappa shape index (κ1) is 21.3. The summed E-state index contributed by atoms with van der Waals surface area (Å²) in [7, 11) is 0. The molecule has 1 saturated heterocycles. The van der Waals surface area contributed by atoms with Gasteiger partial charge in [-0.05, 0) is 73.8 Å². The highest BCUT2D eigenvalue weighted by molar-refractivity contribution is 6.30. The number of aryl methyl sites for hydroxylation is 1. The summed E-state index contributed by atoms with van der Waals surface area (Å²) in [6.07, 6.45) is 5.49. The van der Waals surface area contributed by atoms with Crippen LogP contribution >= 0.6 is 11.6 Å². The van der Waals surface area contributed by atoms with E-state index in [9.17, 15) is 18.4 Å². The summed E-state index contributed by atoms with van der Waals surface area (Å²) >= 11 is 5.70. The lowest BCUT2D eigenvalue weighted by Gasteiger charge is -2.29. The summed E-state index contributed by atoms with van der Waals surface area (Å²) in [4.78, 5) is 32.4. The number of amides is 2. The summed E-state index contributed by atoms with van der Waals surface area (Å²) in [5, 5.41) is 2.63. The molecule has 2 amide bonds. The molecule has 168 valence electrons. The molecule has 1 N–H and O–H groups in total. The van der Waals surface area contributed by atoms with Crippen molar-refractivity contribution >= 4 is 23.4 Å². The monoisotopic (exact) mass is 459 g/mol. The maximum atomic E-state index is 14.6. The van der Waals surface area contributed by atoms with Gasteiger partial charge in [-0.25, -0.2) is 8.78 Å². The topological polar surface area (TPSA) is 62.3 Å². The average molecular weight is 460 g/mol. The molecular weight excluding hydrogens is 436 g/mol. The van der Waals surface area contributed by atoms with Crippen LogP contribution in [-0.4, -0.2) is 33.8 Å². The molecule has 2 heterocycles. The second-order valence-corrected chi connectivity index (χ2v) is 9.45. The summed E-state index contributed by atoms with van der Waals surface area (Å²) in [5.74, 6) is -1.61. The van der Waals surface area contributed by atoms with Crippen LogP contribution in [0.2, 0.25) is 5.02 Å². The smallest absolute Gasteiger partial charge is 0.273 e. The zero-order valence-electron chi connectivity index (χ0n) is 17.7. The highest BCUT2D eigenvalue weighted by Crippen LogP contribution is 2.49. The second kappa shape index (κ2) is 8.10. The van der Waals surface area contributed by atoms with E-state index in [0.717, 1.165) is 43.4 Å². The minimum absolute atomic E-state index is 0.0365. The van der Waals surface area contributed by atoms with Gasteiger partial charge in [-0.1, -0.05) is 18.5 Å². The first-order valence-electron chi connectivity index (χ1n) is 11.1. The zero-order valence-corrected chi connectivity index (χ0v) is 18.4. The number of pyridine rings is 1. The number of hydrogen-bond acceptors (Lipinski definition) is 3. The van der Waals surface area contributed by atoms with Crippen molar-refractivity contribution in [2.24, 2.45) is 11.8 Å². The lowest BCUT2D eigenvalue weighted by molar-refractivity contribution is -0.126. The molecule has 5 nitrogen and oxygen atoms in total.